The van der Waals surface area contributed by atoms with Crippen molar-refractivity contribution in [3.05, 3.63) is 52.2 Å². The highest BCUT2D eigenvalue weighted by Gasteiger charge is 2.29. The van der Waals surface area contributed by atoms with Crippen molar-refractivity contribution in [1.29, 1.82) is 0 Å². The third kappa shape index (κ3) is 2.15. The van der Waals surface area contributed by atoms with Crippen LogP contribution in [0.25, 0.3) is 0 Å². The molecule has 1 aliphatic rings. The van der Waals surface area contributed by atoms with Gasteiger partial charge in [-0.1, -0.05) is 24.3 Å². The molecule has 3 rings (SSSR count). The maximum atomic E-state index is 3.47. The first-order chi connectivity index (χ1) is 8.38. The highest BCUT2D eigenvalue weighted by Crippen LogP contribution is 2.43. The van der Waals surface area contributed by atoms with Crippen LogP contribution in [0.4, 0.5) is 0 Å². The molecule has 0 saturated heterocycles. The fraction of sp³-hybridized carbons (Fsp3) is 0.286. The Morgan fingerprint density at radius 2 is 2.12 bits per heavy atom. The lowest BCUT2D eigenvalue weighted by Gasteiger charge is -2.20. The fourth-order valence-electron chi connectivity index (χ4n) is 2.37. The minimum Gasteiger partial charge on any atom is -0.311 e. The monoisotopic (exact) mass is 261 g/mol. The Kier molecular flexibility index (Phi) is 3.23. The van der Waals surface area contributed by atoms with Crippen molar-refractivity contribution in [2.24, 2.45) is 0 Å². The molecule has 17 heavy (non-hydrogen) atoms. The molecule has 1 N–H and O–H groups in total. The summed E-state index contributed by atoms with van der Waals surface area (Å²) in [5.41, 5.74) is 1.50. The van der Waals surface area contributed by atoms with Crippen LogP contribution < -0.4 is 5.32 Å². The minimum absolute atomic E-state index is 0.465. The van der Waals surface area contributed by atoms with Crippen molar-refractivity contribution in [3.8, 4) is 0 Å². The first kappa shape index (κ1) is 11.3. The molecule has 2 unspecified atom stereocenters. The van der Waals surface area contributed by atoms with Crippen LogP contribution in [0, 0.1) is 0 Å². The average molecular weight is 261 g/mol. The van der Waals surface area contributed by atoms with E-state index in [1.807, 2.05) is 23.1 Å². The summed E-state index contributed by atoms with van der Waals surface area (Å²) in [5, 5.41) is 6.25. The number of hydrogen-bond acceptors (Lipinski definition) is 3. The molecule has 88 valence electrons. The molecule has 0 bridgehead atoms. The number of nitrogens with one attached hydrogen (secondary N) is 1. The number of thiophene rings is 1. The van der Waals surface area contributed by atoms with Crippen molar-refractivity contribution in [2.75, 3.05) is 7.05 Å². The Balaban J connectivity index is 1.83. The molecule has 0 saturated carbocycles. The molecule has 0 spiro atoms. The van der Waals surface area contributed by atoms with Gasteiger partial charge in [0.1, 0.15) is 0 Å². The van der Waals surface area contributed by atoms with Crippen LogP contribution in [0.5, 0.6) is 0 Å². The topological polar surface area (TPSA) is 12.0 Å². The van der Waals surface area contributed by atoms with Crippen LogP contribution in [0.3, 0.4) is 0 Å². The van der Waals surface area contributed by atoms with Gasteiger partial charge < -0.3 is 5.32 Å². The van der Waals surface area contributed by atoms with Crippen LogP contribution in [0.1, 0.15) is 16.5 Å². The third-order valence-corrected chi connectivity index (χ3v) is 5.55. The predicted octanol–water partition coefficient (Wildman–Crippen LogP) is 3.73. The molecule has 2 heterocycles. The van der Waals surface area contributed by atoms with E-state index in [-0.39, 0.29) is 0 Å². The summed E-state index contributed by atoms with van der Waals surface area (Å²) in [5.74, 6) is 0. The van der Waals surface area contributed by atoms with E-state index < -0.39 is 0 Å². The number of fused-ring (bicyclic) bond motifs is 1. The second-order valence-corrected chi connectivity index (χ2v) is 6.51. The molecule has 1 nitrogen and oxygen atoms in total. The van der Waals surface area contributed by atoms with Crippen molar-refractivity contribution < 1.29 is 0 Å². The molecular formula is C14H15NS2. The maximum absolute atomic E-state index is 3.47. The summed E-state index contributed by atoms with van der Waals surface area (Å²) in [6, 6.07) is 13.6. The lowest BCUT2D eigenvalue weighted by molar-refractivity contribution is 0.577. The summed E-state index contributed by atoms with van der Waals surface area (Å²) >= 11 is 3.86. The smallest absolute Gasteiger partial charge is 0.0539 e. The van der Waals surface area contributed by atoms with E-state index in [4.69, 9.17) is 0 Å². The molecule has 2 aromatic rings. The standard InChI is InChI=1S/C14H15NS2/c1-15-14(12-7-4-8-16-12)13-9-10-5-2-3-6-11(10)17-13/h2-8,13-15H,9H2,1H3. The zero-order valence-electron chi connectivity index (χ0n) is 9.72. The highest BCUT2D eigenvalue weighted by molar-refractivity contribution is 8.00. The molecule has 1 aliphatic heterocycles. The van der Waals surface area contributed by atoms with E-state index in [9.17, 15) is 0 Å². The van der Waals surface area contributed by atoms with E-state index in [1.54, 1.807) is 0 Å². The highest BCUT2D eigenvalue weighted by atomic mass is 32.2. The average Bonchev–Trinajstić information content (AvgIpc) is 2.98. The normalized spacial score (nSPS) is 20.2. The van der Waals surface area contributed by atoms with Gasteiger partial charge in [-0.3, -0.25) is 0 Å². The molecule has 1 aromatic carbocycles. The van der Waals surface area contributed by atoms with Crippen molar-refractivity contribution >= 4 is 23.1 Å². The van der Waals surface area contributed by atoms with Gasteiger partial charge in [0, 0.05) is 15.0 Å². The largest absolute Gasteiger partial charge is 0.311 e. The molecule has 2 atom stereocenters. The Morgan fingerprint density at radius 3 is 2.82 bits per heavy atom. The number of benzene rings is 1. The van der Waals surface area contributed by atoms with Gasteiger partial charge in [0.05, 0.1) is 6.04 Å². The number of rotatable bonds is 3. The molecule has 3 heteroatoms. The van der Waals surface area contributed by atoms with E-state index in [2.05, 4.69) is 54.1 Å². The summed E-state index contributed by atoms with van der Waals surface area (Å²) in [4.78, 5) is 2.90. The maximum Gasteiger partial charge on any atom is 0.0539 e. The van der Waals surface area contributed by atoms with Gasteiger partial charge in [-0.2, -0.15) is 0 Å². The predicted molar refractivity (Wildman–Crippen MR) is 75.9 cm³/mol. The number of hydrogen-bond donors (Lipinski definition) is 1. The molecule has 0 amide bonds. The molecule has 0 aliphatic carbocycles. The second-order valence-electron chi connectivity index (χ2n) is 4.25. The van der Waals surface area contributed by atoms with Crippen molar-refractivity contribution in [1.82, 2.24) is 5.32 Å². The Morgan fingerprint density at radius 1 is 1.24 bits per heavy atom. The molecular weight excluding hydrogens is 246 g/mol. The lowest BCUT2D eigenvalue weighted by atomic mass is 10.0. The second kappa shape index (κ2) is 4.84. The first-order valence-electron chi connectivity index (χ1n) is 5.83. The summed E-state index contributed by atoms with van der Waals surface area (Å²) < 4.78 is 0. The van der Waals surface area contributed by atoms with Crippen molar-refractivity contribution in [3.63, 3.8) is 0 Å². The Labute approximate surface area is 110 Å². The van der Waals surface area contributed by atoms with Crippen LogP contribution in [0.2, 0.25) is 0 Å². The summed E-state index contributed by atoms with van der Waals surface area (Å²) in [7, 11) is 2.06. The number of thioether (sulfide) groups is 1. The van der Waals surface area contributed by atoms with Gasteiger partial charge in [0.2, 0.25) is 0 Å². The quantitative estimate of drug-likeness (QED) is 0.903. The zero-order chi connectivity index (χ0) is 11.7. The molecule has 0 fully saturated rings. The van der Waals surface area contributed by atoms with E-state index >= 15 is 0 Å². The zero-order valence-corrected chi connectivity index (χ0v) is 11.4. The van der Waals surface area contributed by atoms with Crippen LogP contribution >= 0.6 is 23.1 Å². The van der Waals surface area contributed by atoms with Gasteiger partial charge in [-0.15, -0.1) is 23.1 Å². The van der Waals surface area contributed by atoms with E-state index in [0.29, 0.717) is 11.3 Å². The van der Waals surface area contributed by atoms with Crippen LogP contribution in [-0.2, 0) is 6.42 Å². The van der Waals surface area contributed by atoms with Gasteiger partial charge >= 0.3 is 0 Å². The first-order valence-corrected chi connectivity index (χ1v) is 7.59. The van der Waals surface area contributed by atoms with E-state index in [0.717, 1.165) is 0 Å². The van der Waals surface area contributed by atoms with E-state index in [1.165, 1.54) is 21.8 Å². The van der Waals surface area contributed by atoms with Gasteiger partial charge in [-0.05, 0) is 36.5 Å². The third-order valence-electron chi connectivity index (χ3n) is 3.20. The molecule has 1 aromatic heterocycles. The summed E-state index contributed by atoms with van der Waals surface area (Å²) in [6.45, 7) is 0. The SMILES string of the molecule is CNC(c1cccs1)C1Cc2ccccc2S1. The van der Waals surface area contributed by atoms with Crippen LogP contribution in [-0.4, -0.2) is 12.3 Å². The molecule has 0 radical (unpaired) electrons. The Bertz CT molecular complexity index is 468. The fourth-order valence-corrected chi connectivity index (χ4v) is 4.83. The lowest BCUT2D eigenvalue weighted by Crippen LogP contribution is -2.26. The Hall–Kier alpha value is -0.770. The van der Waals surface area contributed by atoms with Crippen LogP contribution in [0.15, 0.2) is 46.7 Å². The van der Waals surface area contributed by atoms with Gasteiger partial charge in [0.25, 0.3) is 0 Å². The van der Waals surface area contributed by atoms with Crippen molar-refractivity contribution in [2.45, 2.75) is 22.6 Å². The van der Waals surface area contributed by atoms with Gasteiger partial charge in [0.15, 0.2) is 0 Å². The van der Waals surface area contributed by atoms with Gasteiger partial charge in [-0.25, -0.2) is 0 Å². The summed E-state index contributed by atoms with van der Waals surface area (Å²) in [6.07, 6.45) is 1.17. The minimum atomic E-state index is 0.465.